The van der Waals surface area contributed by atoms with Crippen molar-refractivity contribution in [1.29, 1.82) is 0 Å². The summed E-state index contributed by atoms with van der Waals surface area (Å²) in [5.41, 5.74) is 0. The number of hydrogen-bond acceptors (Lipinski definition) is 2. The van der Waals surface area contributed by atoms with Crippen LogP contribution in [0, 0.1) is 0 Å². The summed E-state index contributed by atoms with van der Waals surface area (Å²) in [7, 11) is 0. The lowest BCUT2D eigenvalue weighted by Gasteiger charge is -2.30. The number of alkyl halides is 1. The van der Waals surface area contributed by atoms with Gasteiger partial charge in [0.05, 0.1) is 6.61 Å². The van der Waals surface area contributed by atoms with Crippen LogP contribution in [0.5, 0.6) is 0 Å². The predicted octanol–water partition coefficient (Wildman–Crippen LogP) is 2.27. The molecule has 1 heterocycles. The topological polar surface area (TPSA) is 18.5 Å². The summed E-state index contributed by atoms with van der Waals surface area (Å²) in [6.45, 7) is 3.48. The number of rotatable bonds is 2. The Bertz CT molecular complexity index is 94.3. The molecule has 1 fully saturated rings. The second-order valence-electron chi connectivity index (χ2n) is 2.40. The fraction of sp³-hybridized carbons (Fsp3) is 1.00. The largest absolute Gasteiger partial charge is 0.341 e. The highest BCUT2D eigenvalue weighted by atomic mass is 79.9. The van der Waals surface area contributed by atoms with Gasteiger partial charge in [-0.25, -0.2) is 0 Å². The fourth-order valence-electron chi connectivity index (χ4n) is 1.06. The van der Waals surface area contributed by atoms with Crippen molar-refractivity contribution in [2.24, 2.45) is 0 Å². The van der Waals surface area contributed by atoms with E-state index in [-0.39, 0.29) is 0 Å². The molecule has 1 atom stereocenters. The Kier molecular flexibility index (Phi) is 3.14. The normalized spacial score (nSPS) is 34.2. The molecule has 0 N–H and O–H groups in total. The molecule has 0 aromatic carbocycles. The van der Waals surface area contributed by atoms with Gasteiger partial charge in [-0.2, -0.15) is 0 Å². The summed E-state index contributed by atoms with van der Waals surface area (Å²) < 4.78 is 10.3. The molecular weight excluding hydrogens is 196 g/mol. The van der Waals surface area contributed by atoms with Crippen molar-refractivity contribution >= 4 is 15.9 Å². The number of ether oxygens (including phenoxy) is 2. The average Bonchev–Trinajstić information content (AvgIpc) is 1.89. The Hall–Kier alpha value is 0.400. The molecule has 0 spiro atoms. The summed E-state index contributed by atoms with van der Waals surface area (Å²) in [6, 6.07) is 0. The third-order valence-corrected chi connectivity index (χ3v) is 2.40. The summed E-state index contributed by atoms with van der Waals surface area (Å²) in [5.74, 6) is 0. The van der Waals surface area contributed by atoms with Gasteiger partial charge in [0.1, 0.15) is 0 Å². The quantitative estimate of drug-likeness (QED) is 0.649. The van der Waals surface area contributed by atoms with Gasteiger partial charge in [-0.3, -0.25) is 0 Å². The molecule has 2 nitrogen and oxygen atoms in total. The molecule has 1 saturated heterocycles. The lowest BCUT2D eigenvalue weighted by atomic mass is 10.2. The molecule has 10 heavy (non-hydrogen) atoms. The fourth-order valence-corrected chi connectivity index (χ4v) is 1.74. The zero-order valence-electron chi connectivity index (χ0n) is 6.23. The molecule has 1 rings (SSSR count). The standard InChI is InChI=1S/C7H13BrO2/c1-2-9-7(8)5-3-4-6-10-7/h2-6H2,1H3. The minimum atomic E-state index is -0.458. The van der Waals surface area contributed by atoms with Crippen LogP contribution in [0.3, 0.4) is 0 Å². The second-order valence-corrected chi connectivity index (χ2v) is 3.61. The molecule has 1 aliphatic rings. The van der Waals surface area contributed by atoms with Gasteiger partial charge in [-0.05, 0) is 35.7 Å². The van der Waals surface area contributed by atoms with Crippen molar-refractivity contribution in [3.8, 4) is 0 Å². The molecule has 0 saturated carbocycles. The van der Waals surface area contributed by atoms with Crippen LogP contribution in [-0.4, -0.2) is 17.9 Å². The van der Waals surface area contributed by atoms with Crippen LogP contribution in [0.15, 0.2) is 0 Å². The molecule has 1 unspecified atom stereocenters. The summed E-state index contributed by atoms with van der Waals surface area (Å²) in [6.07, 6.45) is 3.30. The van der Waals surface area contributed by atoms with Crippen LogP contribution in [0.25, 0.3) is 0 Å². The maximum Gasteiger partial charge on any atom is 0.226 e. The molecule has 0 radical (unpaired) electrons. The summed E-state index contributed by atoms with van der Waals surface area (Å²) >= 11 is 3.41. The van der Waals surface area contributed by atoms with Gasteiger partial charge in [-0.15, -0.1) is 0 Å². The highest BCUT2D eigenvalue weighted by Crippen LogP contribution is 2.31. The van der Waals surface area contributed by atoms with Crippen LogP contribution in [-0.2, 0) is 9.47 Å². The Morgan fingerprint density at radius 3 is 2.90 bits per heavy atom. The van der Waals surface area contributed by atoms with E-state index in [1.165, 1.54) is 6.42 Å². The van der Waals surface area contributed by atoms with E-state index in [1.54, 1.807) is 0 Å². The zero-order valence-corrected chi connectivity index (χ0v) is 7.82. The Labute approximate surface area is 70.0 Å². The minimum Gasteiger partial charge on any atom is -0.341 e. The van der Waals surface area contributed by atoms with Crippen molar-refractivity contribution in [1.82, 2.24) is 0 Å². The summed E-state index contributed by atoms with van der Waals surface area (Å²) in [4.78, 5) is 0. The van der Waals surface area contributed by atoms with Gasteiger partial charge in [0, 0.05) is 13.0 Å². The van der Waals surface area contributed by atoms with E-state index in [0.717, 1.165) is 19.4 Å². The van der Waals surface area contributed by atoms with E-state index in [9.17, 15) is 0 Å². The van der Waals surface area contributed by atoms with Gasteiger partial charge in [0.15, 0.2) is 0 Å². The van der Waals surface area contributed by atoms with Crippen LogP contribution in [0.2, 0.25) is 0 Å². The lowest BCUT2D eigenvalue weighted by molar-refractivity contribution is -0.182. The van der Waals surface area contributed by atoms with Crippen LogP contribution >= 0.6 is 15.9 Å². The molecule has 0 aromatic heterocycles. The van der Waals surface area contributed by atoms with E-state index in [1.807, 2.05) is 6.92 Å². The molecule has 0 bridgehead atoms. The first-order valence-electron chi connectivity index (χ1n) is 3.74. The van der Waals surface area contributed by atoms with Gasteiger partial charge in [0.2, 0.25) is 4.70 Å². The van der Waals surface area contributed by atoms with E-state index in [2.05, 4.69) is 15.9 Å². The SMILES string of the molecule is CCOC1(Br)CCCCO1. The highest BCUT2D eigenvalue weighted by molar-refractivity contribution is 9.10. The number of hydrogen-bond donors (Lipinski definition) is 0. The van der Waals surface area contributed by atoms with Crippen LogP contribution in [0.1, 0.15) is 26.2 Å². The molecule has 0 amide bonds. The second kappa shape index (κ2) is 3.69. The zero-order chi connectivity index (χ0) is 7.45. The monoisotopic (exact) mass is 208 g/mol. The molecule has 1 aliphatic heterocycles. The molecule has 0 aliphatic carbocycles. The molecular formula is C7H13BrO2. The van der Waals surface area contributed by atoms with Crippen molar-refractivity contribution in [2.45, 2.75) is 30.9 Å². The van der Waals surface area contributed by atoms with Crippen LogP contribution < -0.4 is 0 Å². The van der Waals surface area contributed by atoms with Crippen molar-refractivity contribution in [3.05, 3.63) is 0 Å². The van der Waals surface area contributed by atoms with Crippen molar-refractivity contribution in [3.63, 3.8) is 0 Å². The highest BCUT2D eigenvalue weighted by Gasteiger charge is 2.29. The first-order chi connectivity index (χ1) is 4.77. The smallest absolute Gasteiger partial charge is 0.226 e. The lowest BCUT2D eigenvalue weighted by Crippen LogP contribution is -2.32. The van der Waals surface area contributed by atoms with E-state index >= 15 is 0 Å². The minimum absolute atomic E-state index is 0.458. The van der Waals surface area contributed by atoms with Gasteiger partial charge in [-0.1, -0.05) is 0 Å². The molecule has 60 valence electrons. The average molecular weight is 209 g/mol. The third kappa shape index (κ3) is 2.22. The van der Waals surface area contributed by atoms with Gasteiger partial charge < -0.3 is 9.47 Å². The maximum atomic E-state index is 5.40. The Morgan fingerprint density at radius 2 is 2.40 bits per heavy atom. The Morgan fingerprint density at radius 1 is 1.60 bits per heavy atom. The molecule has 0 aromatic rings. The first-order valence-corrected chi connectivity index (χ1v) is 4.53. The van der Waals surface area contributed by atoms with Crippen LogP contribution in [0.4, 0.5) is 0 Å². The third-order valence-electron chi connectivity index (χ3n) is 1.55. The van der Waals surface area contributed by atoms with E-state index < -0.39 is 4.70 Å². The van der Waals surface area contributed by atoms with Crippen molar-refractivity contribution < 1.29 is 9.47 Å². The number of halogens is 1. The first kappa shape index (κ1) is 8.50. The Balaban J connectivity index is 2.32. The van der Waals surface area contributed by atoms with E-state index in [4.69, 9.17) is 9.47 Å². The maximum absolute atomic E-state index is 5.40. The van der Waals surface area contributed by atoms with Gasteiger partial charge in [0.25, 0.3) is 0 Å². The van der Waals surface area contributed by atoms with Gasteiger partial charge >= 0.3 is 0 Å². The summed E-state index contributed by atoms with van der Waals surface area (Å²) in [5, 5.41) is 0. The molecule has 3 heteroatoms. The van der Waals surface area contributed by atoms with E-state index in [0.29, 0.717) is 6.61 Å². The predicted molar refractivity (Wildman–Crippen MR) is 43.1 cm³/mol. The van der Waals surface area contributed by atoms with Crippen molar-refractivity contribution in [2.75, 3.05) is 13.2 Å².